The third-order valence-corrected chi connectivity index (χ3v) is 3.58. The van der Waals surface area contributed by atoms with Crippen LogP contribution in [-0.2, 0) is 14.3 Å². The van der Waals surface area contributed by atoms with Crippen LogP contribution in [0.3, 0.4) is 0 Å². The van der Waals surface area contributed by atoms with Crippen LogP contribution in [0, 0.1) is 15.9 Å². The second-order valence-electron chi connectivity index (χ2n) is 5.28. The Bertz CT molecular complexity index is 642. The van der Waals surface area contributed by atoms with Gasteiger partial charge in [-0.25, -0.2) is 9.18 Å². The van der Waals surface area contributed by atoms with Gasteiger partial charge in [-0.15, -0.1) is 0 Å². The maximum atomic E-state index is 13.5. The average molecular weight is 326 g/mol. The number of nitrogens with one attached hydrogen (secondary N) is 1. The first-order valence-electron chi connectivity index (χ1n) is 6.95. The molecule has 0 heterocycles. The minimum Gasteiger partial charge on any atom is -0.453 e. The van der Waals surface area contributed by atoms with E-state index < -0.39 is 34.8 Å². The fourth-order valence-electron chi connectivity index (χ4n) is 2.34. The number of nitro groups is 1. The Morgan fingerprint density at radius 2 is 2.04 bits per heavy atom. The van der Waals surface area contributed by atoms with E-state index in [9.17, 15) is 29.2 Å². The summed E-state index contributed by atoms with van der Waals surface area (Å²) in [5, 5.41) is 22.7. The Morgan fingerprint density at radius 3 is 2.65 bits per heavy atom. The Morgan fingerprint density at radius 1 is 1.39 bits per heavy atom. The van der Waals surface area contributed by atoms with Crippen molar-refractivity contribution in [3.8, 4) is 0 Å². The zero-order valence-corrected chi connectivity index (χ0v) is 12.1. The average Bonchev–Trinajstić information content (AvgIpc) is 2.95. The van der Waals surface area contributed by atoms with Crippen LogP contribution in [-0.4, -0.2) is 34.1 Å². The van der Waals surface area contributed by atoms with Crippen LogP contribution in [0.5, 0.6) is 0 Å². The lowest BCUT2D eigenvalue weighted by atomic mass is 10.0. The van der Waals surface area contributed by atoms with E-state index in [2.05, 4.69) is 5.32 Å². The van der Waals surface area contributed by atoms with E-state index in [1.54, 1.807) is 0 Å². The quantitative estimate of drug-likeness (QED) is 0.481. The van der Waals surface area contributed by atoms with Crippen LogP contribution in [0.15, 0.2) is 18.2 Å². The molecule has 0 unspecified atom stereocenters. The number of esters is 1. The van der Waals surface area contributed by atoms with Gasteiger partial charge in [0, 0.05) is 12.1 Å². The highest BCUT2D eigenvalue weighted by Crippen LogP contribution is 2.30. The molecule has 0 aliphatic heterocycles. The number of hydrogen-bond donors (Lipinski definition) is 2. The highest BCUT2D eigenvalue weighted by Gasteiger charge is 2.40. The van der Waals surface area contributed by atoms with Gasteiger partial charge >= 0.3 is 5.97 Å². The number of ether oxygens (including phenoxy) is 1. The molecule has 1 aromatic carbocycles. The van der Waals surface area contributed by atoms with E-state index in [-0.39, 0.29) is 24.2 Å². The Kier molecular flexibility index (Phi) is 4.89. The van der Waals surface area contributed by atoms with E-state index in [4.69, 9.17) is 4.74 Å². The molecule has 8 nitrogen and oxygen atoms in total. The predicted molar refractivity (Wildman–Crippen MR) is 76.1 cm³/mol. The van der Waals surface area contributed by atoms with Gasteiger partial charge < -0.3 is 15.2 Å². The molecule has 0 atom stereocenters. The highest BCUT2D eigenvalue weighted by molar-refractivity contribution is 5.93. The van der Waals surface area contributed by atoms with Gasteiger partial charge in [-0.1, -0.05) is 0 Å². The predicted octanol–water partition coefficient (Wildman–Crippen LogP) is 1.52. The standard InChI is InChI=1S/C14H15FN2O6/c15-10-4-3-9(17(21)22)7-11(10)16-12(18)8-23-13(19)14(20)5-1-2-6-14/h3-4,7,20H,1-2,5-6,8H2,(H,16,18). The number of nitrogens with zero attached hydrogens (tertiary/aromatic N) is 1. The molecule has 1 fully saturated rings. The van der Waals surface area contributed by atoms with Crippen molar-refractivity contribution in [1.29, 1.82) is 0 Å². The largest absolute Gasteiger partial charge is 0.453 e. The van der Waals surface area contributed by atoms with E-state index >= 15 is 0 Å². The van der Waals surface area contributed by atoms with Gasteiger partial charge in [0.2, 0.25) is 0 Å². The van der Waals surface area contributed by atoms with E-state index in [1.165, 1.54) is 0 Å². The van der Waals surface area contributed by atoms with Crippen molar-refractivity contribution >= 4 is 23.3 Å². The Hall–Kier alpha value is -2.55. The first-order valence-corrected chi connectivity index (χ1v) is 6.95. The van der Waals surface area contributed by atoms with Gasteiger partial charge in [-0.2, -0.15) is 0 Å². The van der Waals surface area contributed by atoms with E-state index in [1.807, 2.05) is 0 Å². The maximum Gasteiger partial charge on any atom is 0.338 e. The van der Waals surface area contributed by atoms with Crippen molar-refractivity contribution in [2.75, 3.05) is 11.9 Å². The lowest BCUT2D eigenvalue weighted by molar-refractivity contribution is -0.384. The molecular weight excluding hydrogens is 311 g/mol. The molecule has 2 rings (SSSR count). The van der Waals surface area contributed by atoms with Crippen molar-refractivity contribution in [2.45, 2.75) is 31.3 Å². The minimum atomic E-state index is -1.57. The van der Waals surface area contributed by atoms with Gasteiger partial charge in [-0.3, -0.25) is 14.9 Å². The monoisotopic (exact) mass is 326 g/mol. The summed E-state index contributed by atoms with van der Waals surface area (Å²) < 4.78 is 18.2. The first-order chi connectivity index (χ1) is 10.8. The van der Waals surface area contributed by atoms with Gasteiger partial charge in [0.1, 0.15) is 5.82 Å². The third kappa shape index (κ3) is 4.01. The number of hydrogen-bond acceptors (Lipinski definition) is 6. The van der Waals surface area contributed by atoms with Crippen LogP contribution in [0.4, 0.5) is 15.8 Å². The summed E-state index contributed by atoms with van der Waals surface area (Å²) in [7, 11) is 0. The fraction of sp³-hybridized carbons (Fsp3) is 0.429. The van der Waals surface area contributed by atoms with Crippen molar-refractivity contribution in [3.63, 3.8) is 0 Å². The van der Waals surface area contributed by atoms with Crippen LogP contribution >= 0.6 is 0 Å². The number of nitro benzene ring substituents is 1. The number of aliphatic hydroxyl groups is 1. The zero-order chi connectivity index (χ0) is 17.0. The molecule has 1 aliphatic carbocycles. The summed E-state index contributed by atoms with van der Waals surface area (Å²) in [6.45, 7) is -0.719. The summed E-state index contributed by atoms with van der Waals surface area (Å²) in [6.07, 6.45) is 1.92. The highest BCUT2D eigenvalue weighted by atomic mass is 19.1. The first kappa shape index (κ1) is 16.8. The number of halogens is 1. The third-order valence-electron chi connectivity index (χ3n) is 3.58. The van der Waals surface area contributed by atoms with Crippen molar-refractivity contribution in [2.24, 2.45) is 0 Å². The zero-order valence-electron chi connectivity index (χ0n) is 12.1. The van der Waals surface area contributed by atoms with Gasteiger partial charge in [0.25, 0.3) is 11.6 Å². The molecule has 23 heavy (non-hydrogen) atoms. The summed E-state index contributed by atoms with van der Waals surface area (Å²) in [5.41, 5.74) is -2.35. The second-order valence-corrected chi connectivity index (χ2v) is 5.28. The topological polar surface area (TPSA) is 119 Å². The van der Waals surface area contributed by atoms with Gasteiger partial charge in [0.05, 0.1) is 10.6 Å². The minimum absolute atomic E-state index is 0.271. The number of non-ortho nitro benzene ring substituents is 1. The van der Waals surface area contributed by atoms with Crippen molar-refractivity contribution < 1.29 is 28.7 Å². The number of benzene rings is 1. The molecule has 0 spiro atoms. The van der Waals surface area contributed by atoms with E-state index in [0.717, 1.165) is 18.2 Å². The molecule has 1 amide bonds. The number of carbonyl (C=O) groups is 2. The number of rotatable bonds is 5. The molecule has 124 valence electrons. The molecule has 0 radical (unpaired) electrons. The number of anilines is 1. The van der Waals surface area contributed by atoms with Crippen LogP contribution in [0.25, 0.3) is 0 Å². The summed E-state index contributed by atoms with van der Waals surface area (Å²) in [6, 6.07) is 2.67. The van der Waals surface area contributed by atoms with Crippen LogP contribution < -0.4 is 5.32 Å². The molecule has 9 heteroatoms. The molecule has 1 aromatic rings. The van der Waals surface area contributed by atoms with Gasteiger partial charge in [0.15, 0.2) is 12.2 Å². The molecule has 1 aliphatic rings. The second kappa shape index (κ2) is 6.69. The summed E-state index contributed by atoms with van der Waals surface area (Å²) in [5.74, 6) is -2.62. The van der Waals surface area contributed by atoms with Crippen molar-refractivity contribution in [1.82, 2.24) is 0 Å². The number of carbonyl (C=O) groups excluding carboxylic acids is 2. The van der Waals surface area contributed by atoms with Gasteiger partial charge in [-0.05, 0) is 31.7 Å². The smallest absolute Gasteiger partial charge is 0.338 e. The van der Waals surface area contributed by atoms with E-state index in [0.29, 0.717) is 12.8 Å². The molecule has 0 bridgehead atoms. The lowest BCUT2D eigenvalue weighted by Gasteiger charge is -2.19. The molecular formula is C14H15FN2O6. The maximum absolute atomic E-state index is 13.5. The number of amides is 1. The molecule has 0 saturated heterocycles. The van der Waals surface area contributed by atoms with Crippen LogP contribution in [0.1, 0.15) is 25.7 Å². The summed E-state index contributed by atoms with van der Waals surface area (Å²) >= 11 is 0. The van der Waals surface area contributed by atoms with Crippen LogP contribution in [0.2, 0.25) is 0 Å². The fourth-order valence-corrected chi connectivity index (χ4v) is 2.34. The Labute approximate surface area is 130 Å². The normalized spacial score (nSPS) is 15.9. The summed E-state index contributed by atoms with van der Waals surface area (Å²) in [4.78, 5) is 33.3. The SMILES string of the molecule is O=C(COC(=O)C1(O)CCCC1)Nc1cc([N+](=O)[O-])ccc1F. The molecule has 1 saturated carbocycles. The lowest BCUT2D eigenvalue weighted by Crippen LogP contribution is -2.38. The molecule has 0 aromatic heterocycles. The van der Waals surface area contributed by atoms with Crippen molar-refractivity contribution in [3.05, 3.63) is 34.1 Å². The Balaban J connectivity index is 1.93. The molecule has 2 N–H and O–H groups in total.